The van der Waals surface area contributed by atoms with Gasteiger partial charge in [0, 0.05) is 15.6 Å². The normalized spacial score (nSPS) is 13.8. The van der Waals surface area contributed by atoms with Crippen molar-refractivity contribution in [1.82, 2.24) is 0 Å². The highest BCUT2D eigenvalue weighted by atomic mass is 79.9. The third-order valence-corrected chi connectivity index (χ3v) is 3.98. The van der Waals surface area contributed by atoms with Crippen LogP contribution in [0.1, 0.15) is 32.6 Å². The predicted molar refractivity (Wildman–Crippen MR) is 76.2 cm³/mol. The van der Waals surface area contributed by atoms with Crippen molar-refractivity contribution in [2.75, 3.05) is 0 Å². The molecule has 1 aliphatic rings. The summed E-state index contributed by atoms with van der Waals surface area (Å²) in [6, 6.07) is 12.2. The molecule has 18 heavy (non-hydrogen) atoms. The summed E-state index contributed by atoms with van der Waals surface area (Å²) < 4.78 is 0.964. The lowest BCUT2D eigenvalue weighted by Gasteiger charge is -2.06. The second kappa shape index (κ2) is 4.36. The Morgan fingerprint density at radius 3 is 2.28 bits per heavy atom. The van der Waals surface area contributed by atoms with E-state index >= 15 is 0 Å². The van der Waals surface area contributed by atoms with Crippen molar-refractivity contribution in [2.24, 2.45) is 0 Å². The summed E-state index contributed by atoms with van der Waals surface area (Å²) >= 11 is 3.45. The molecule has 0 unspecified atom stereocenters. The van der Waals surface area contributed by atoms with Crippen molar-refractivity contribution in [2.45, 2.75) is 19.8 Å². The first-order valence-corrected chi connectivity index (χ1v) is 6.87. The van der Waals surface area contributed by atoms with E-state index in [1.54, 1.807) is 0 Å². The number of halogens is 1. The van der Waals surface area contributed by atoms with Gasteiger partial charge < -0.3 is 0 Å². The molecule has 90 valence electrons. The molecule has 0 N–H and O–H groups in total. The molecular weight excluding hydrogens is 288 g/mol. The SMILES string of the molecule is Cc1ccc2c(c1)C(=O)c1cc(Br)ccc1CC2. The zero-order chi connectivity index (χ0) is 12.7. The highest BCUT2D eigenvalue weighted by Gasteiger charge is 2.21. The molecule has 0 saturated heterocycles. The van der Waals surface area contributed by atoms with Crippen molar-refractivity contribution in [3.8, 4) is 0 Å². The molecule has 2 aromatic rings. The highest BCUT2D eigenvalue weighted by molar-refractivity contribution is 9.10. The van der Waals surface area contributed by atoms with E-state index in [9.17, 15) is 4.79 Å². The molecule has 2 aromatic carbocycles. The van der Waals surface area contributed by atoms with Crippen molar-refractivity contribution in [3.63, 3.8) is 0 Å². The molecule has 0 aromatic heterocycles. The Morgan fingerprint density at radius 2 is 1.56 bits per heavy atom. The molecule has 0 fully saturated rings. The van der Waals surface area contributed by atoms with Crippen LogP contribution in [-0.2, 0) is 12.8 Å². The Hall–Kier alpha value is -1.41. The summed E-state index contributed by atoms with van der Waals surface area (Å²) in [5.41, 5.74) is 5.16. The molecule has 0 atom stereocenters. The molecular formula is C16H13BrO. The van der Waals surface area contributed by atoms with Crippen LogP contribution < -0.4 is 0 Å². The van der Waals surface area contributed by atoms with E-state index in [2.05, 4.69) is 34.1 Å². The maximum Gasteiger partial charge on any atom is 0.193 e. The molecule has 0 bridgehead atoms. The predicted octanol–water partition coefficient (Wildman–Crippen LogP) is 4.09. The van der Waals surface area contributed by atoms with Crippen LogP contribution in [0.3, 0.4) is 0 Å². The molecule has 0 heterocycles. The summed E-state index contributed by atoms with van der Waals surface area (Å²) in [6.07, 6.45) is 1.88. The number of ketones is 1. The van der Waals surface area contributed by atoms with Gasteiger partial charge in [0.1, 0.15) is 0 Å². The second-order valence-electron chi connectivity index (χ2n) is 4.79. The average Bonchev–Trinajstić information content (AvgIpc) is 2.49. The molecule has 1 nitrogen and oxygen atoms in total. The summed E-state index contributed by atoms with van der Waals surface area (Å²) in [6.45, 7) is 2.03. The van der Waals surface area contributed by atoms with E-state index in [1.165, 1.54) is 0 Å². The molecule has 0 spiro atoms. The van der Waals surface area contributed by atoms with Crippen LogP contribution in [-0.4, -0.2) is 5.78 Å². The minimum absolute atomic E-state index is 0.155. The van der Waals surface area contributed by atoms with Crippen LogP contribution in [0.25, 0.3) is 0 Å². The fourth-order valence-electron chi connectivity index (χ4n) is 2.51. The van der Waals surface area contributed by atoms with Gasteiger partial charge in [0.2, 0.25) is 0 Å². The third-order valence-electron chi connectivity index (χ3n) is 3.49. The minimum Gasteiger partial charge on any atom is -0.289 e. The lowest BCUT2D eigenvalue weighted by atomic mass is 9.97. The van der Waals surface area contributed by atoms with Gasteiger partial charge in [-0.05, 0) is 49.1 Å². The van der Waals surface area contributed by atoms with Crippen LogP contribution in [0.15, 0.2) is 40.9 Å². The van der Waals surface area contributed by atoms with Gasteiger partial charge in [0.15, 0.2) is 5.78 Å². The van der Waals surface area contributed by atoms with Crippen LogP contribution in [0.5, 0.6) is 0 Å². The van der Waals surface area contributed by atoms with Crippen LogP contribution in [0.4, 0.5) is 0 Å². The van der Waals surface area contributed by atoms with Crippen LogP contribution >= 0.6 is 15.9 Å². The minimum atomic E-state index is 0.155. The second-order valence-corrected chi connectivity index (χ2v) is 5.71. The number of fused-ring (bicyclic) bond motifs is 2. The monoisotopic (exact) mass is 300 g/mol. The fraction of sp³-hybridized carbons (Fsp3) is 0.188. The number of benzene rings is 2. The lowest BCUT2D eigenvalue weighted by Crippen LogP contribution is -2.04. The van der Waals surface area contributed by atoms with Gasteiger partial charge in [0.05, 0.1) is 0 Å². The zero-order valence-electron chi connectivity index (χ0n) is 10.2. The van der Waals surface area contributed by atoms with E-state index in [4.69, 9.17) is 0 Å². The average molecular weight is 301 g/mol. The quantitative estimate of drug-likeness (QED) is 0.716. The molecule has 1 aliphatic carbocycles. The van der Waals surface area contributed by atoms with E-state index < -0.39 is 0 Å². The number of hydrogen-bond acceptors (Lipinski definition) is 1. The Kier molecular flexibility index (Phi) is 2.83. The highest BCUT2D eigenvalue weighted by Crippen LogP contribution is 2.27. The van der Waals surface area contributed by atoms with Crippen molar-refractivity contribution in [1.29, 1.82) is 0 Å². The number of carbonyl (C=O) groups excluding carboxylic acids is 1. The largest absolute Gasteiger partial charge is 0.289 e. The first-order chi connectivity index (χ1) is 8.65. The first-order valence-electron chi connectivity index (χ1n) is 6.08. The Morgan fingerprint density at radius 1 is 0.944 bits per heavy atom. The van der Waals surface area contributed by atoms with Gasteiger partial charge in [-0.15, -0.1) is 0 Å². The maximum absolute atomic E-state index is 12.6. The third kappa shape index (κ3) is 1.91. The van der Waals surface area contributed by atoms with Crippen molar-refractivity contribution < 1.29 is 4.79 Å². The smallest absolute Gasteiger partial charge is 0.193 e. The molecule has 0 amide bonds. The van der Waals surface area contributed by atoms with Gasteiger partial charge in [-0.25, -0.2) is 0 Å². The molecule has 2 heteroatoms. The van der Waals surface area contributed by atoms with Gasteiger partial charge >= 0.3 is 0 Å². The zero-order valence-corrected chi connectivity index (χ0v) is 11.8. The van der Waals surface area contributed by atoms with Gasteiger partial charge in [-0.2, -0.15) is 0 Å². The molecule has 0 radical (unpaired) electrons. The van der Waals surface area contributed by atoms with E-state index in [1.807, 2.05) is 25.1 Å². The first kappa shape index (κ1) is 11.7. The summed E-state index contributed by atoms with van der Waals surface area (Å²) in [5.74, 6) is 0.155. The summed E-state index contributed by atoms with van der Waals surface area (Å²) in [7, 11) is 0. The topological polar surface area (TPSA) is 17.1 Å². The van der Waals surface area contributed by atoms with E-state index in [0.29, 0.717) is 0 Å². The number of hydrogen-bond donors (Lipinski definition) is 0. The number of carbonyl (C=O) groups is 1. The van der Waals surface area contributed by atoms with E-state index in [0.717, 1.165) is 45.1 Å². The summed E-state index contributed by atoms with van der Waals surface area (Å²) in [4.78, 5) is 12.6. The Bertz CT molecular complexity index is 588. The van der Waals surface area contributed by atoms with Gasteiger partial charge in [0.25, 0.3) is 0 Å². The molecule has 0 saturated carbocycles. The van der Waals surface area contributed by atoms with Crippen molar-refractivity contribution in [3.05, 3.63) is 68.7 Å². The Balaban J connectivity index is 2.22. The molecule has 0 aliphatic heterocycles. The van der Waals surface area contributed by atoms with Crippen molar-refractivity contribution >= 4 is 21.7 Å². The fourth-order valence-corrected chi connectivity index (χ4v) is 2.87. The Labute approximate surface area is 115 Å². The maximum atomic E-state index is 12.6. The van der Waals surface area contributed by atoms with E-state index in [-0.39, 0.29) is 5.78 Å². The lowest BCUT2D eigenvalue weighted by molar-refractivity contribution is 0.103. The standard InChI is InChI=1S/C16H13BrO/c1-10-2-3-11-4-5-12-6-7-13(17)9-15(12)16(18)14(11)8-10/h2-3,6-9H,4-5H2,1H3. The van der Waals surface area contributed by atoms with Crippen LogP contribution in [0.2, 0.25) is 0 Å². The number of rotatable bonds is 0. The summed E-state index contributed by atoms with van der Waals surface area (Å²) in [5, 5.41) is 0. The van der Waals surface area contributed by atoms with Gasteiger partial charge in [-0.1, -0.05) is 39.7 Å². The molecule has 3 rings (SSSR count). The van der Waals surface area contributed by atoms with Gasteiger partial charge in [-0.3, -0.25) is 4.79 Å². The van der Waals surface area contributed by atoms with Crippen LogP contribution in [0, 0.1) is 6.92 Å². The number of aryl methyl sites for hydroxylation is 3.